The SMILES string of the molecule is Clc1ccc([C@H]2CCNCCS2)cc1. The van der Waals surface area contributed by atoms with Gasteiger partial charge in [-0.15, -0.1) is 0 Å². The second kappa shape index (κ2) is 5.06. The Balaban J connectivity index is 2.08. The molecule has 0 amide bonds. The molecule has 14 heavy (non-hydrogen) atoms. The van der Waals surface area contributed by atoms with E-state index in [0.29, 0.717) is 5.25 Å². The van der Waals surface area contributed by atoms with Crippen molar-refractivity contribution in [1.29, 1.82) is 0 Å². The van der Waals surface area contributed by atoms with Crippen molar-refractivity contribution in [3.63, 3.8) is 0 Å². The molecule has 1 fully saturated rings. The van der Waals surface area contributed by atoms with Crippen LogP contribution in [-0.4, -0.2) is 18.8 Å². The van der Waals surface area contributed by atoms with Gasteiger partial charge < -0.3 is 5.32 Å². The van der Waals surface area contributed by atoms with Gasteiger partial charge in [-0.1, -0.05) is 23.7 Å². The van der Waals surface area contributed by atoms with Crippen molar-refractivity contribution in [2.45, 2.75) is 11.7 Å². The predicted octanol–water partition coefficient (Wildman–Crippen LogP) is 3.11. The van der Waals surface area contributed by atoms with E-state index < -0.39 is 0 Å². The maximum atomic E-state index is 5.86. The van der Waals surface area contributed by atoms with Crippen molar-refractivity contribution in [2.24, 2.45) is 0 Å². The summed E-state index contributed by atoms with van der Waals surface area (Å²) in [4.78, 5) is 0. The predicted molar refractivity (Wildman–Crippen MR) is 64.1 cm³/mol. The molecule has 1 aliphatic rings. The van der Waals surface area contributed by atoms with Crippen LogP contribution in [0.1, 0.15) is 17.2 Å². The Hall–Kier alpha value is -0.180. The molecule has 1 nitrogen and oxygen atoms in total. The molecule has 2 rings (SSSR count). The van der Waals surface area contributed by atoms with Gasteiger partial charge in [0.15, 0.2) is 0 Å². The van der Waals surface area contributed by atoms with Crippen molar-refractivity contribution in [2.75, 3.05) is 18.8 Å². The summed E-state index contributed by atoms with van der Waals surface area (Å²) >= 11 is 7.90. The summed E-state index contributed by atoms with van der Waals surface area (Å²) in [5.41, 5.74) is 1.41. The van der Waals surface area contributed by atoms with Crippen LogP contribution in [-0.2, 0) is 0 Å². The fourth-order valence-electron chi connectivity index (χ4n) is 1.66. The van der Waals surface area contributed by atoms with Crippen LogP contribution < -0.4 is 5.32 Å². The molecular weight excluding hydrogens is 214 g/mol. The summed E-state index contributed by atoms with van der Waals surface area (Å²) in [7, 11) is 0. The van der Waals surface area contributed by atoms with E-state index in [1.54, 1.807) is 0 Å². The molecule has 76 valence electrons. The minimum atomic E-state index is 0.641. The topological polar surface area (TPSA) is 12.0 Å². The van der Waals surface area contributed by atoms with Crippen LogP contribution in [0.3, 0.4) is 0 Å². The normalized spacial score (nSPS) is 23.1. The van der Waals surface area contributed by atoms with Gasteiger partial charge in [0, 0.05) is 22.6 Å². The lowest BCUT2D eigenvalue weighted by molar-refractivity contribution is 0.687. The first-order valence-corrected chi connectivity index (χ1v) is 6.37. The van der Waals surface area contributed by atoms with E-state index in [9.17, 15) is 0 Å². The Labute approximate surface area is 94.2 Å². The van der Waals surface area contributed by atoms with E-state index in [1.165, 1.54) is 17.7 Å². The Kier molecular flexibility index (Phi) is 3.74. The van der Waals surface area contributed by atoms with Gasteiger partial charge in [0.25, 0.3) is 0 Å². The lowest BCUT2D eigenvalue weighted by Gasteiger charge is -2.13. The van der Waals surface area contributed by atoms with Crippen LogP contribution >= 0.6 is 23.4 Å². The molecule has 1 saturated heterocycles. The minimum absolute atomic E-state index is 0.641. The van der Waals surface area contributed by atoms with Gasteiger partial charge in [0.2, 0.25) is 0 Å². The third-order valence-corrected chi connectivity index (χ3v) is 4.03. The zero-order chi connectivity index (χ0) is 9.80. The summed E-state index contributed by atoms with van der Waals surface area (Å²) in [6, 6.07) is 8.25. The van der Waals surface area contributed by atoms with E-state index in [1.807, 2.05) is 23.9 Å². The summed E-state index contributed by atoms with van der Waals surface area (Å²) in [5, 5.41) is 4.88. The third-order valence-electron chi connectivity index (χ3n) is 2.42. The van der Waals surface area contributed by atoms with E-state index in [2.05, 4.69) is 17.4 Å². The molecule has 1 N–H and O–H groups in total. The second-order valence-corrected chi connectivity index (χ2v) is 5.20. The van der Waals surface area contributed by atoms with E-state index in [4.69, 9.17) is 11.6 Å². The van der Waals surface area contributed by atoms with Crippen LogP contribution in [0.5, 0.6) is 0 Å². The Morgan fingerprint density at radius 1 is 1.21 bits per heavy atom. The number of benzene rings is 1. The average molecular weight is 228 g/mol. The van der Waals surface area contributed by atoms with E-state index in [-0.39, 0.29) is 0 Å². The number of thioether (sulfide) groups is 1. The smallest absolute Gasteiger partial charge is 0.0406 e. The second-order valence-electron chi connectivity index (χ2n) is 3.45. The van der Waals surface area contributed by atoms with Crippen LogP contribution in [0.25, 0.3) is 0 Å². The van der Waals surface area contributed by atoms with Crippen LogP contribution in [0.4, 0.5) is 0 Å². The first-order chi connectivity index (χ1) is 6.86. The van der Waals surface area contributed by atoms with Crippen molar-refractivity contribution in [3.8, 4) is 0 Å². The van der Waals surface area contributed by atoms with Crippen LogP contribution in [0.2, 0.25) is 5.02 Å². The largest absolute Gasteiger partial charge is 0.316 e. The van der Waals surface area contributed by atoms with Crippen LogP contribution in [0.15, 0.2) is 24.3 Å². The lowest BCUT2D eigenvalue weighted by atomic mass is 10.1. The third kappa shape index (κ3) is 2.66. The lowest BCUT2D eigenvalue weighted by Crippen LogP contribution is -2.15. The average Bonchev–Trinajstić information content (AvgIpc) is 2.47. The summed E-state index contributed by atoms with van der Waals surface area (Å²) in [6.07, 6.45) is 1.21. The fraction of sp³-hybridized carbons (Fsp3) is 0.455. The molecule has 0 aromatic heterocycles. The van der Waals surface area contributed by atoms with Crippen molar-refractivity contribution in [3.05, 3.63) is 34.9 Å². The highest BCUT2D eigenvalue weighted by Gasteiger charge is 2.13. The molecule has 1 atom stereocenters. The Morgan fingerprint density at radius 2 is 2.00 bits per heavy atom. The highest BCUT2D eigenvalue weighted by Crippen LogP contribution is 2.33. The Bertz CT molecular complexity index is 278. The molecular formula is C11H14ClNS. The van der Waals surface area contributed by atoms with E-state index >= 15 is 0 Å². The molecule has 1 aromatic rings. The molecule has 0 saturated carbocycles. The number of halogens is 1. The monoisotopic (exact) mass is 227 g/mol. The van der Waals surface area contributed by atoms with Gasteiger partial charge in [-0.2, -0.15) is 11.8 Å². The highest BCUT2D eigenvalue weighted by atomic mass is 35.5. The van der Waals surface area contributed by atoms with Gasteiger partial charge in [0.05, 0.1) is 0 Å². The standard InChI is InChI=1S/C11H14ClNS/c12-10-3-1-9(2-4-10)11-5-6-13-7-8-14-11/h1-4,11,13H,5-8H2/t11-/m1/s1. The highest BCUT2D eigenvalue weighted by molar-refractivity contribution is 7.99. The summed E-state index contributed by atoms with van der Waals surface area (Å²) < 4.78 is 0. The zero-order valence-corrected chi connectivity index (χ0v) is 9.57. The molecule has 0 radical (unpaired) electrons. The van der Waals surface area contributed by atoms with Gasteiger partial charge in [0.1, 0.15) is 0 Å². The fourth-order valence-corrected chi connectivity index (χ4v) is 2.96. The van der Waals surface area contributed by atoms with Crippen molar-refractivity contribution in [1.82, 2.24) is 5.32 Å². The van der Waals surface area contributed by atoms with Crippen molar-refractivity contribution < 1.29 is 0 Å². The molecule has 3 heteroatoms. The summed E-state index contributed by atoms with van der Waals surface area (Å²) in [6.45, 7) is 2.26. The molecule has 1 aromatic carbocycles. The maximum Gasteiger partial charge on any atom is 0.0406 e. The minimum Gasteiger partial charge on any atom is -0.316 e. The molecule has 0 aliphatic carbocycles. The summed E-state index contributed by atoms with van der Waals surface area (Å²) in [5.74, 6) is 1.20. The molecule has 0 spiro atoms. The molecule has 0 unspecified atom stereocenters. The zero-order valence-electron chi connectivity index (χ0n) is 8.00. The molecule has 0 bridgehead atoms. The first-order valence-electron chi connectivity index (χ1n) is 4.94. The maximum absolute atomic E-state index is 5.86. The number of hydrogen-bond donors (Lipinski definition) is 1. The number of nitrogens with one attached hydrogen (secondary N) is 1. The van der Waals surface area contributed by atoms with Gasteiger partial charge in [-0.05, 0) is 30.7 Å². The molecule has 1 heterocycles. The van der Waals surface area contributed by atoms with Crippen molar-refractivity contribution >= 4 is 23.4 Å². The van der Waals surface area contributed by atoms with Gasteiger partial charge in [-0.3, -0.25) is 0 Å². The van der Waals surface area contributed by atoms with Gasteiger partial charge in [-0.25, -0.2) is 0 Å². The first kappa shape index (κ1) is 10.3. The Morgan fingerprint density at radius 3 is 2.79 bits per heavy atom. The number of rotatable bonds is 1. The van der Waals surface area contributed by atoms with Gasteiger partial charge >= 0.3 is 0 Å². The quantitative estimate of drug-likeness (QED) is 0.792. The molecule has 1 aliphatic heterocycles. The van der Waals surface area contributed by atoms with E-state index in [0.717, 1.165) is 18.1 Å². The number of hydrogen-bond acceptors (Lipinski definition) is 2. The van der Waals surface area contributed by atoms with Crippen LogP contribution in [0, 0.1) is 0 Å².